The molecular weight excluding hydrogens is 468 g/mol. The predicted molar refractivity (Wildman–Crippen MR) is 121 cm³/mol. The Hall–Kier alpha value is -3.10. The van der Waals surface area contributed by atoms with Crippen molar-refractivity contribution in [3.63, 3.8) is 0 Å². The summed E-state index contributed by atoms with van der Waals surface area (Å²) >= 11 is 4.62. The molecule has 30 heavy (non-hydrogen) atoms. The molecule has 0 radical (unpaired) electrons. The summed E-state index contributed by atoms with van der Waals surface area (Å²) in [6.07, 6.45) is 1.66. The molecule has 0 aliphatic carbocycles. The molecular formula is C22H15BrN2O4S. The normalized spacial score (nSPS) is 16.3. The zero-order valence-electron chi connectivity index (χ0n) is 15.7. The van der Waals surface area contributed by atoms with Crippen molar-refractivity contribution >= 4 is 56.5 Å². The zero-order valence-corrected chi connectivity index (χ0v) is 18.1. The van der Waals surface area contributed by atoms with Crippen molar-refractivity contribution in [1.82, 2.24) is 5.32 Å². The van der Waals surface area contributed by atoms with E-state index in [2.05, 4.69) is 26.2 Å². The van der Waals surface area contributed by atoms with Crippen molar-refractivity contribution in [2.45, 2.75) is 6.92 Å². The van der Waals surface area contributed by atoms with E-state index in [1.54, 1.807) is 30.3 Å². The van der Waals surface area contributed by atoms with Crippen molar-refractivity contribution in [3.05, 3.63) is 80.9 Å². The third-order valence-electron chi connectivity index (χ3n) is 4.35. The fourth-order valence-corrected chi connectivity index (χ4v) is 3.98. The van der Waals surface area contributed by atoms with Crippen LogP contribution < -0.4 is 5.32 Å². The van der Waals surface area contributed by atoms with Crippen LogP contribution in [-0.2, 0) is 4.79 Å². The summed E-state index contributed by atoms with van der Waals surface area (Å²) in [5.74, 6) is -0.0899. The summed E-state index contributed by atoms with van der Waals surface area (Å²) in [6, 6.07) is 15.9. The molecule has 1 aromatic heterocycles. The third-order valence-corrected chi connectivity index (χ3v) is 5.79. The van der Waals surface area contributed by atoms with Crippen LogP contribution in [0.2, 0.25) is 0 Å². The van der Waals surface area contributed by atoms with Crippen LogP contribution in [-0.4, -0.2) is 22.2 Å². The number of amides is 1. The Kier molecular flexibility index (Phi) is 5.61. The van der Waals surface area contributed by atoms with Gasteiger partial charge in [-0.05, 0) is 72.8 Å². The lowest BCUT2D eigenvalue weighted by Crippen LogP contribution is -2.19. The van der Waals surface area contributed by atoms with Crippen molar-refractivity contribution < 1.29 is 19.1 Å². The number of benzene rings is 2. The number of amidine groups is 1. The monoisotopic (exact) mass is 482 g/mol. The number of hydrogen-bond donors (Lipinski definition) is 2. The number of aromatic carboxylic acids is 1. The average molecular weight is 483 g/mol. The van der Waals surface area contributed by atoms with Crippen LogP contribution in [0.4, 0.5) is 5.69 Å². The van der Waals surface area contributed by atoms with E-state index in [1.165, 1.54) is 17.8 Å². The topological polar surface area (TPSA) is 91.9 Å². The largest absolute Gasteiger partial charge is 0.478 e. The second-order valence-corrected chi connectivity index (χ2v) is 8.44. The number of carboxylic acids is 1. The lowest BCUT2D eigenvalue weighted by atomic mass is 10.0. The van der Waals surface area contributed by atoms with Gasteiger partial charge in [0.15, 0.2) is 5.17 Å². The number of nitrogens with one attached hydrogen (secondary N) is 1. The molecule has 1 fully saturated rings. The molecule has 0 unspecified atom stereocenters. The molecule has 3 aromatic rings. The fourth-order valence-electron chi connectivity index (χ4n) is 2.89. The van der Waals surface area contributed by atoms with Crippen molar-refractivity contribution in [3.8, 4) is 11.3 Å². The van der Waals surface area contributed by atoms with E-state index in [1.807, 2.05) is 31.2 Å². The number of carboxylic acid groups (broad SMARTS) is 1. The summed E-state index contributed by atoms with van der Waals surface area (Å²) in [4.78, 5) is 28.3. The van der Waals surface area contributed by atoms with Gasteiger partial charge in [-0.3, -0.25) is 4.79 Å². The first-order valence-corrected chi connectivity index (χ1v) is 10.5. The first-order chi connectivity index (χ1) is 14.4. The molecule has 1 amide bonds. The molecule has 2 aromatic carbocycles. The minimum atomic E-state index is -0.973. The molecule has 0 atom stereocenters. The van der Waals surface area contributed by atoms with E-state index in [9.17, 15) is 9.59 Å². The van der Waals surface area contributed by atoms with E-state index >= 15 is 0 Å². The van der Waals surface area contributed by atoms with Crippen molar-refractivity contribution in [2.24, 2.45) is 4.99 Å². The Balaban J connectivity index is 1.55. The number of aryl methyl sites for hydroxylation is 1. The molecule has 0 saturated carbocycles. The van der Waals surface area contributed by atoms with Crippen LogP contribution in [0.15, 0.2) is 73.4 Å². The maximum Gasteiger partial charge on any atom is 0.335 e. The molecule has 0 spiro atoms. The van der Waals surface area contributed by atoms with Crippen LogP contribution in [0.1, 0.15) is 21.7 Å². The molecule has 1 saturated heterocycles. The maximum absolute atomic E-state index is 12.3. The van der Waals surface area contributed by atoms with Gasteiger partial charge < -0.3 is 14.8 Å². The molecule has 150 valence electrons. The summed E-state index contributed by atoms with van der Waals surface area (Å²) in [6.45, 7) is 1.83. The van der Waals surface area contributed by atoms with Gasteiger partial charge in [-0.2, -0.15) is 0 Å². The summed E-state index contributed by atoms with van der Waals surface area (Å²) < 4.78 is 6.82. The number of furan rings is 1. The van der Waals surface area contributed by atoms with Gasteiger partial charge in [0, 0.05) is 16.1 Å². The molecule has 1 aliphatic rings. The number of nitrogens with zero attached hydrogens (tertiary/aromatic N) is 1. The molecule has 6 nitrogen and oxygen atoms in total. The van der Waals surface area contributed by atoms with Gasteiger partial charge in [-0.25, -0.2) is 9.79 Å². The van der Waals surface area contributed by atoms with Gasteiger partial charge in [0.2, 0.25) is 0 Å². The number of thioether (sulfide) groups is 1. The smallest absolute Gasteiger partial charge is 0.335 e. The molecule has 2 N–H and O–H groups in total. The third kappa shape index (κ3) is 4.39. The van der Waals surface area contributed by atoms with Crippen LogP contribution in [0.25, 0.3) is 17.4 Å². The van der Waals surface area contributed by atoms with Crippen LogP contribution in [0, 0.1) is 6.92 Å². The van der Waals surface area contributed by atoms with E-state index < -0.39 is 5.97 Å². The Bertz CT molecular complexity index is 1210. The van der Waals surface area contributed by atoms with Gasteiger partial charge in [-0.1, -0.05) is 22.0 Å². The van der Waals surface area contributed by atoms with E-state index in [4.69, 9.17) is 9.52 Å². The number of halogens is 1. The fraction of sp³-hybridized carbons (Fsp3) is 0.0455. The average Bonchev–Trinajstić information content (AvgIpc) is 3.30. The van der Waals surface area contributed by atoms with Crippen LogP contribution in [0.3, 0.4) is 0 Å². The number of hydrogen-bond acceptors (Lipinski definition) is 5. The van der Waals surface area contributed by atoms with Gasteiger partial charge in [0.1, 0.15) is 11.5 Å². The Morgan fingerprint density at radius 3 is 2.63 bits per heavy atom. The van der Waals surface area contributed by atoms with Gasteiger partial charge >= 0.3 is 5.97 Å². The molecule has 8 heteroatoms. The Morgan fingerprint density at radius 1 is 1.17 bits per heavy atom. The number of aliphatic imine (C=N–C) groups is 1. The minimum absolute atomic E-state index is 0.224. The minimum Gasteiger partial charge on any atom is -0.478 e. The second kappa shape index (κ2) is 8.33. The highest BCUT2D eigenvalue weighted by molar-refractivity contribution is 9.10. The highest BCUT2D eigenvalue weighted by atomic mass is 79.9. The quantitative estimate of drug-likeness (QED) is 0.471. The number of carbonyl (C=O) groups is 2. The van der Waals surface area contributed by atoms with Crippen LogP contribution in [0.5, 0.6) is 0 Å². The maximum atomic E-state index is 12.3. The van der Waals surface area contributed by atoms with Gasteiger partial charge in [0.05, 0.1) is 16.2 Å². The Labute approximate surface area is 184 Å². The lowest BCUT2D eigenvalue weighted by Gasteiger charge is -2.04. The molecule has 1 aliphatic heterocycles. The van der Waals surface area contributed by atoms with E-state index in [0.717, 1.165) is 21.3 Å². The summed E-state index contributed by atoms with van der Waals surface area (Å²) in [5.41, 5.74) is 2.55. The predicted octanol–water partition coefficient (Wildman–Crippen LogP) is 5.61. The highest BCUT2D eigenvalue weighted by Gasteiger charge is 2.24. The molecule has 4 rings (SSSR count). The molecule has 0 bridgehead atoms. The van der Waals surface area contributed by atoms with E-state index in [-0.39, 0.29) is 11.5 Å². The standard InChI is InChI=1S/C22H15BrN2O4S/c1-12-10-13(21(27)28)2-8-17(12)18-9-7-16(29-18)11-19-20(26)25-22(30-19)24-15-5-3-14(23)4-6-15/h2-11H,1H3,(H,27,28)(H,24,25,26)/b19-11-. The SMILES string of the molecule is Cc1cc(C(=O)O)ccc1-c1ccc(/C=C2\SC(=Nc3ccc(Br)cc3)NC2=O)o1. The Morgan fingerprint density at radius 2 is 1.93 bits per heavy atom. The second-order valence-electron chi connectivity index (χ2n) is 6.50. The zero-order chi connectivity index (χ0) is 21.3. The van der Waals surface area contributed by atoms with Crippen LogP contribution >= 0.6 is 27.7 Å². The number of rotatable bonds is 4. The van der Waals surface area contributed by atoms with Gasteiger partial charge in [-0.15, -0.1) is 0 Å². The summed E-state index contributed by atoms with van der Waals surface area (Å²) in [5, 5.41) is 12.4. The van der Waals surface area contributed by atoms with Gasteiger partial charge in [0.25, 0.3) is 5.91 Å². The summed E-state index contributed by atoms with van der Waals surface area (Å²) in [7, 11) is 0. The first-order valence-electron chi connectivity index (χ1n) is 8.88. The lowest BCUT2D eigenvalue weighted by molar-refractivity contribution is -0.115. The highest BCUT2D eigenvalue weighted by Crippen LogP contribution is 2.31. The first kappa shape index (κ1) is 20.2. The number of carbonyl (C=O) groups excluding carboxylic acids is 1. The van der Waals surface area contributed by atoms with E-state index in [0.29, 0.717) is 21.6 Å². The van der Waals surface area contributed by atoms with Crippen molar-refractivity contribution in [2.75, 3.05) is 0 Å². The molecule has 2 heterocycles. The van der Waals surface area contributed by atoms with Crippen molar-refractivity contribution in [1.29, 1.82) is 0 Å².